The van der Waals surface area contributed by atoms with Gasteiger partial charge in [0.25, 0.3) is 0 Å². The minimum absolute atomic E-state index is 0.189. The monoisotopic (exact) mass is 331 g/mol. The Morgan fingerprint density at radius 3 is 2.24 bits per heavy atom. The Hall–Kier alpha value is -1.36. The molecule has 0 aliphatic carbocycles. The molecule has 0 amide bonds. The van der Waals surface area contributed by atoms with Crippen LogP contribution in [0.3, 0.4) is 0 Å². The summed E-state index contributed by atoms with van der Waals surface area (Å²) in [6, 6.07) is 6.57. The van der Waals surface area contributed by atoms with Gasteiger partial charge >= 0.3 is 0 Å². The van der Waals surface area contributed by atoms with Crippen molar-refractivity contribution in [2.75, 3.05) is 0 Å². The zero-order chi connectivity index (χ0) is 15.6. The van der Waals surface area contributed by atoms with Gasteiger partial charge in [0.1, 0.15) is 5.75 Å². The highest BCUT2D eigenvalue weighted by Crippen LogP contribution is 2.32. The molecule has 0 spiro atoms. The van der Waals surface area contributed by atoms with Gasteiger partial charge in [0.15, 0.2) is 17.4 Å². The highest BCUT2D eigenvalue weighted by Gasteiger charge is 2.15. The largest absolute Gasteiger partial charge is 0.451 e. The summed E-state index contributed by atoms with van der Waals surface area (Å²) < 4.78 is 33.1. The topological polar surface area (TPSA) is 35.2 Å². The average Bonchev–Trinajstić information content (AvgIpc) is 2.37. The van der Waals surface area contributed by atoms with Gasteiger partial charge in [-0.25, -0.2) is 8.78 Å². The molecule has 0 aromatic heterocycles. The molecule has 2 aromatic rings. The quantitative estimate of drug-likeness (QED) is 0.859. The van der Waals surface area contributed by atoms with E-state index < -0.39 is 17.4 Å². The lowest BCUT2D eigenvalue weighted by molar-refractivity contribution is 0.406. The van der Waals surface area contributed by atoms with Crippen molar-refractivity contribution in [1.82, 2.24) is 0 Å². The molecule has 0 aliphatic rings. The van der Waals surface area contributed by atoms with Crippen LogP contribution in [-0.4, -0.2) is 6.04 Å². The van der Waals surface area contributed by atoms with E-state index in [9.17, 15) is 8.78 Å². The molecule has 0 fully saturated rings. The van der Waals surface area contributed by atoms with Crippen molar-refractivity contribution >= 4 is 23.2 Å². The van der Waals surface area contributed by atoms with Crippen LogP contribution in [0.15, 0.2) is 30.3 Å². The average molecular weight is 332 g/mol. The first-order chi connectivity index (χ1) is 9.86. The first kappa shape index (κ1) is 16.0. The Bertz CT molecular complexity index is 639. The van der Waals surface area contributed by atoms with Crippen molar-refractivity contribution in [3.8, 4) is 11.5 Å². The Morgan fingerprint density at radius 2 is 1.71 bits per heavy atom. The number of rotatable bonds is 4. The lowest BCUT2D eigenvalue weighted by atomic mass is 10.1. The number of halogens is 4. The summed E-state index contributed by atoms with van der Waals surface area (Å²) in [6.07, 6.45) is 0.376. The fourth-order valence-corrected chi connectivity index (χ4v) is 2.15. The maximum atomic E-state index is 14.0. The first-order valence-electron chi connectivity index (χ1n) is 6.23. The van der Waals surface area contributed by atoms with Crippen LogP contribution in [0.1, 0.15) is 12.5 Å². The Kier molecular flexibility index (Phi) is 5.04. The maximum absolute atomic E-state index is 14.0. The summed E-state index contributed by atoms with van der Waals surface area (Å²) in [5, 5.41) is 0.570. The van der Waals surface area contributed by atoms with Gasteiger partial charge in [-0.2, -0.15) is 0 Å². The van der Waals surface area contributed by atoms with Crippen LogP contribution in [0, 0.1) is 11.6 Å². The van der Waals surface area contributed by atoms with E-state index in [4.69, 9.17) is 33.7 Å². The first-order valence-corrected chi connectivity index (χ1v) is 6.99. The summed E-state index contributed by atoms with van der Waals surface area (Å²) in [6.45, 7) is 1.76. The zero-order valence-corrected chi connectivity index (χ0v) is 12.7. The third kappa shape index (κ3) is 4.06. The van der Waals surface area contributed by atoms with Crippen molar-refractivity contribution in [3.63, 3.8) is 0 Å². The second-order valence-corrected chi connectivity index (χ2v) is 5.56. The molecule has 112 valence electrons. The molecule has 0 radical (unpaired) electrons. The van der Waals surface area contributed by atoms with E-state index in [1.54, 1.807) is 6.92 Å². The van der Waals surface area contributed by atoms with E-state index >= 15 is 0 Å². The predicted octanol–water partition coefficient (Wildman–Crippen LogP) is 4.95. The number of ether oxygens (including phenoxy) is 1. The summed E-state index contributed by atoms with van der Waals surface area (Å²) in [4.78, 5) is 0. The molecule has 0 aliphatic heterocycles. The molecule has 0 bridgehead atoms. The fraction of sp³-hybridized carbons (Fsp3) is 0.200. The molecular formula is C15H13Cl2F2NO. The van der Waals surface area contributed by atoms with Crippen LogP contribution >= 0.6 is 23.2 Å². The highest BCUT2D eigenvalue weighted by atomic mass is 35.5. The lowest BCUT2D eigenvalue weighted by Gasteiger charge is -2.11. The molecule has 0 saturated carbocycles. The van der Waals surface area contributed by atoms with E-state index in [1.165, 1.54) is 30.3 Å². The second-order valence-electron chi connectivity index (χ2n) is 4.75. The molecule has 6 heteroatoms. The van der Waals surface area contributed by atoms with Crippen molar-refractivity contribution in [2.24, 2.45) is 5.73 Å². The maximum Gasteiger partial charge on any atom is 0.198 e. The highest BCUT2D eigenvalue weighted by molar-refractivity contribution is 6.42. The molecular weight excluding hydrogens is 319 g/mol. The minimum Gasteiger partial charge on any atom is -0.451 e. The summed E-state index contributed by atoms with van der Waals surface area (Å²) in [7, 11) is 0. The number of hydrogen-bond donors (Lipinski definition) is 1. The van der Waals surface area contributed by atoms with Gasteiger partial charge in [-0.05, 0) is 43.2 Å². The van der Waals surface area contributed by atoms with Gasteiger partial charge < -0.3 is 10.5 Å². The lowest BCUT2D eigenvalue weighted by Crippen LogP contribution is -2.18. The molecule has 2 aromatic carbocycles. The molecule has 2 rings (SSSR count). The van der Waals surface area contributed by atoms with Crippen LogP contribution in [0.25, 0.3) is 0 Å². The fourth-order valence-electron chi connectivity index (χ4n) is 1.86. The van der Waals surface area contributed by atoms with E-state index in [0.29, 0.717) is 17.0 Å². The molecule has 1 unspecified atom stereocenters. The van der Waals surface area contributed by atoms with Crippen molar-refractivity contribution in [1.29, 1.82) is 0 Å². The molecule has 0 saturated heterocycles. The molecule has 0 heterocycles. The second kappa shape index (κ2) is 6.60. The standard InChI is InChI=1S/C15H13Cl2F2NO/c1-8(20)4-9-5-13(18)15(14(19)6-9)21-10-2-3-11(16)12(17)7-10/h2-3,5-8H,4,20H2,1H3. The predicted molar refractivity (Wildman–Crippen MR) is 80.2 cm³/mol. The van der Waals surface area contributed by atoms with E-state index in [0.717, 1.165) is 0 Å². The molecule has 21 heavy (non-hydrogen) atoms. The van der Waals surface area contributed by atoms with Gasteiger partial charge in [0, 0.05) is 12.1 Å². The minimum atomic E-state index is -0.795. The normalized spacial score (nSPS) is 12.3. The number of nitrogens with two attached hydrogens (primary N) is 1. The van der Waals surface area contributed by atoms with Crippen molar-refractivity contribution < 1.29 is 13.5 Å². The summed E-state index contributed by atoms with van der Waals surface area (Å²) >= 11 is 11.6. The summed E-state index contributed by atoms with van der Waals surface area (Å²) in [5.74, 6) is -1.88. The van der Waals surface area contributed by atoms with Crippen LogP contribution in [0.5, 0.6) is 11.5 Å². The molecule has 2 N–H and O–H groups in total. The third-order valence-corrected chi connectivity index (χ3v) is 3.47. The van der Waals surface area contributed by atoms with Crippen LogP contribution in [-0.2, 0) is 6.42 Å². The van der Waals surface area contributed by atoms with E-state index in [2.05, 4.69) is 0 Å². The zero-order valence-electron chi connectivity index (χ0n) is 11.2. The van der Waals surface area contributed by atoms with Gasteiger partial charge in [0.05, 0.1) is 10.0 Å². The van der Waals surface area contributed by atoms with Crippen LogP contribution in [0.2, 0.25) is 10.0 Å². The van der Waals surface area contributed by atoms with Gasteiger partial charge in [-0.1, -0.05) is 23.2 Å². The van der Waals surface area contributed by atoms with E-state index in [-0.39, 0.29) is 16.8 Å². The van der Waals surface area contributed by atoms with E-state index in [1.807, 2.05) is 0 Å². The number of hydrogen-bond acceptors (Lipinski definition) is 2. The van der Waals surface area contributed by atoms with Gasteiger partial charge in [-0.3, -0.25) is 0 Å². The van der Waals surface area contributed by atoms with Crippen LogP contribution in [0.4, 0.5) is 8.78 Å². The van der Waals surface area contributed by atoms with Crippen molar-refractivity contribution in [3.05, 3.63) is 57.6 Å². The SMILES string of the molecule is CC(N)Cc1cc(F)c(Oc2ccc(Cl)c(Cl)c2)c(F)c1. The Labute approximate surface area is 131 Å². The van der Waals surface area contributed by atoms with Crippen molar-refractivity contribution in [2.45, 2.75) is 19.4 Å². The smallest absolute Gasteiger partial charge is 0.198 e. The third-order valence-electron chi connectivity index (χ3n) is 2.73. The Morgan fingerprint density at radius 1 is 1.10 bits per heavy atom. The Balaban J connectivity index is 2.29. The molecule has 2 nitrogen and oxygen atoms in total. The number of benzene rings is 2. The summed E-state index contributed by atoms with van der Waals surface area (Å²) in [5.41, 5.74) is 6.09. The van der Waals surface area contributed by atoms with Crippen LogP contribution < -0.4 is 10.5 Å². The van der Waals surface area contributed by atoms with Gasteiger partial charge in [0.2, 0.25) is 0 Å². The van der Waals surface area contributed by atoms with Gasteiger partial charge in [-0.15, -0.1) is 0 Å². The molecule has 1 atom stereocenters.